The molecule has 3 heteroatoms. The van der Waals surface area contributed by atoms with E-state index in [1.165, 1.54) is 0 Å². The van der Waals surface area contributed by atoms with E-state index in [0.29, 0.717) is 31.7 Å². The highest BCUT2D eigenvalue weighted by Crippen LogP contribution is 2.15. The third-order valence-corrected chi connectivity index (χ3v) is 2.44. The van der Waals surface area contributed by atoms with Gasteiger partial charge in [-0.25, -0.2) is 0 Å². The molecule has 96 valence electrons. The minimum absolute atomic E-state index is 0.0723. The molecule has 0 saturated heterocycles. The topological polar surface area (TPSA) is 27.7 Å². The normalized spacial score (nSPS) is 14.1. The van der Waals surface area contributed by atoms with Gasteiger partial charge in [0.25, 0.3) is 5.95 Å². The first-order valence-electron chi connectivity index (χ1n) is 6.28. The zero-order valence-corrected chi connectivity index (χ0v) is 11.3. The fourth-order valence-electron chi connectivity index (χ4n) is 1.36. The molecule has 0 heterocycles. The number of ether oxygens (including phenoxy) is 3. The molecule has 2 unspecified atom stereocenters. The first-order chi connectivity index (χ1) is 7.69. The van der Waals surface area contributed by atoms with Crippen LogP contribution in [0.5, 0.6) is 0 Å². The van der Waals surface area contributed by atoms with Crippen molar-refractivity contribution in [3.8, 4) is 0 Å². The third kappa shape index (κ3) is 6.01. The minimum atomic E-state index is 0.0723. The predicted molar refractivity (Wildman–Crippen MR) is 66.2 cm³/mol. The monoisotopic (exact) mass is 230 g/mol. The van der Waals surface area contributed by atoms with Gasteiger partial charge in [-0.1, -0.05) is 20.3 Å². The minimum Gasteiger partial charge on any atom is -0.466 e. The van der Waals surface area contributed by atoms with Crippen LogP contribution >= 0.6 is 0 Å². The molecule has 0 fully saturated rings. The zero-order valence-electron chi connectivity index (χ0n) is 11.3. The fraction of sp³-hybridized carbons (Fsp3) is 0.846. The van der Waals surface area contributed by atoms with Crippen LogP contribution in [0.4, 0.5) is 0 Å². The lowest BCUT2D eigenvalue weighted by atomic mass is 10.0. The van der Waals surface area contributed by atoms with Crippen molar-refractivity contribution in [1.82, 2.24) is 0 Å². The van der Waals surface area contributed by atoms with E-state index in [1.807, 2.05) is 26.8 Å². The van der Waals surface area contributed by atoms with Crippen molar-refractivity contribution in [2.24, 2.45) is 5.92 Å². The summed E-state index contributed by atoms with van der Waals surface area (Å²) in [4.78, 5) is 0. The highest BCUT2D eigenvalue weighted by Gasteiger charge is 2.15. The van der Waals surface area contributed by atoms with E-state index in [-0.39, 0.29) is 6.10 Å². The summed E-state index contributed by atoms with van der Waals surface area (Å²) in [7, 11) is 0. The van der Waals surface area contributed by atoms with Gasteiger partial charge in [0, 0.05) is 12.7 Å². The molecule has 0 aromatic heterocycles. The molecule has 0 saturated carbocycles. The Morgan fingerprint density at radius 1 is 1.00 bits per heavy atom. The van der Waals surface area contributed by atoms with Crippen molar-refractivity contribution in [2.75, 3.05) is 19.8 Å². The number of hydrogen-bond acceptors (Lipinski definition) is 3. The van der Waals surface area contributed by atoms with Crippen molar-refractivity contribution >= 4 is 0 Å². The molecule has 0 bridgehead atoms. The number of rotatable bonds is 9. The Morgan fingerprint density at radius 3 is 1.94 bits per heavy atom. The van der Waals surface area contributed by atoms with E-state index in [2.05, 4.69) is 13.8 Å². The van der Waals surface area contributed by atoms with Crippen molar-refractivity contribution < 1.29 is 14.2 Å². The first-order valence-corrected chi connectivity index (χ1v) is 6.28. The van der Waals surface area contributed by atoms with Crippen LogP contribution in [0.3, 0.4) is 0 Å². The molecule has 0 aromatic carbocycles. The molecule has 0 aromatic rings. The third-order valence-electron chi connectivity index (χ3n) is 2.44. The quantitative estimate of drug-likeness (QED) is 0.568. The predicted octanol–water partition coefficient (Wildman–Crippen LogP) is 3.35. The summed E-state index contributed by atoms with van der Waals surface area (Å²) in [6.45, 7) is 12.2. The second kappa shape index (κ2) is 9.52. The summed E-state index contributed by atoms with van der Waals surface area (Å²) < 4.78 is 16.5. The van der Waals surface area contributed by atoms with Gasteiger partial charge >= 0.3 is 0 Å². The molecule has 0 radical (unpaired) electrons. The second-order valence-corrected chi connectivity index (χ2v) is 3.66. The van der Waals surface area contributed by atoms with E-state index < -0.39 is 0 Å². The highest BCUT2D eigenvalue weighted by atomic mass is 16.7. The van der Waals surface area contributed by atoms with Crippen LogP contribution in [-0.2, 0) is 14.2 Å². The Hall–Kier alpha value is -0.700. The van der Waals surface area contributed by atoms with E-state index in [4.69, 9.17) is 14.2 Å². The molecule has 3 nitrogen and oxygen atoms in total. The van der Waals surface area contributed by atoms with Gasteiger partial charge in [0.1, 0.15) is 0 Å². The Morgan fingerprint density at radius 2 is 1.56 bits per heavy atom. The van der Waals surface area contributed by atoms with E-state index in [0.717, 1.165) is 6.42 Å². The molecule has 0 aliphatic heterocycles. The average molecular weight is 230 g/mol. The molecule has 2 atom stereocenters. The maximum Gasteiger partial charge on any atom is 0.277 e. The SMILES string of the molecule is CCOC(=CC(OCC)C(C)CC)OCC. The summed E-state index contributed by atoms with van der Waals surface area (Å²) in [6, 6.07) is 0. The zero-order chi connectivity index (χ0) is 12.4. The molecular formula is C13H26O3. The number of hydrogen-bond donors (Lipinski definition) is 0. The Bertz CT molecular complexity index is 182. The molecule has 0 aliphatic rings. The molecule has 0 N–H and O–H groups in total. The maximum atomic E-state index is 5.68. The largest absolute Gasteiger partial charge is 0.466 e. The van der Waals surface area contributed by atoms with Gasteiger partial charge < -0.3 is 14.2 Å². The lowest BCUT2D eigenvalue weighted by Crippen LogP contribution is -2.20. The highest BCUT2D eigenvalue weighted by molar-refractivity contribution is 4.93. The Labute approximate surface area is 99.8 Å². The van der Waals surface area contributed by atoms with Crippen LogP contribution in [0.25, 0.3) is 0 Å². The van der Waals surface area contributed by atoms with Crippen molar-refractivity contribution in [3.05, 3.63) is 12.0 Å². The molecule has 0 spiro atoms. The van der Waals surface area contributed by atoms with Gasteiger partial charge in [0.2, 0.25) is 0 Å². The van der Waals surface area contributed by atoms with Gasteiger partial charge in [-0.05, 0) is 26.7 Å². The Balaban J connectivity index is 4.53. The lowest BCUT2D eigenvalue weighted by molar-refractivity contribution is 0.0210. The van der Waals surface area contributed by atoms with Gasteiger partial charge in [-0.15, -0.1) is 0 Å². The maximum absolute atomic E-state index is 5.68. The second-order valence-electron chi connectivity index (χ2n) is 3.66. The lowest BCUT2D eigenvalue weighted by Gasteiger charge is -2.20. The summed E-state index contributed by atoms with van der Waals surface area (Å²) in [6.07, 6.45) is 3.10. The average Bonchev–Trinajstić information content (AvgIpc) is 2.28. The summed E-state index contributed by atoms with van der Waals surface area (Å²) in [5.41, 5.74) is 0. The van der Waals surface area contributed by atoms with Crippen LogP contribution in [0, 0.1) is 5.92 Å². The van der Waals surface area contributed by atoms with Gasteiger partial charge in [-0.3, -0.25) is 0 Å². The standard InChI is InChI=1S/C13H26O3/c1-6-11(5)12(14-7-2)10-13(15-8-3)16-9-4/h10-12H,6-9H2,1-5H3. The van der Waals surface area contributed by atoms with Crippen molar-refractivity contribution in [1.29, 1.82) is 0 Å². The van der Waals surface area contributed by atoms with Crippen LogP contribution < -0.4 is 0 Å². The molecule has 0 aliphatic carbocycles. The smallest absolute Gasteiger partial charge is 0.277 e. The van der Waals surface area contributed by atoms with Crippen molar-refractivity contribution in [3.63, 3.8) is 0 Å². The van der Waals surface area contributed by atoms with E-state index >= 15 is 0 Å². The van der Waals surface area contributed by atoms with E-state index in [9.17, 15) is 0 Å². The molecule has 0 amide bonds. The van der Waals surface area contributed by atoms with Crippen LogP contribution in [0.15, 0.2) is 12.0 Å². The summed E-state index contributed by atoms with van der Waals surface area (Å²) >= 11 is 0. The fourth-order valence-corrected chi connectivity index (χ4v) is 1.36. The van der Waals surface area contributed by atoms with Gasteiger partial charge in [-0.2, -0.15) is 0 Å². The van der Waals surface area contributed by atoms with Gasteiger partial charge in [0.05, 0.1) is 19.3 Å². The molecule has 16 heavy (non-hydrogen) atoms. The Kier molecular flexibility index (Phi) is 9.10. The van der Waals surface area contributed by atoms with Gasteiger partial charge in [0.15, 0.2) is 0 Å². The first kappa shape index (κ1) is 15.3. The van der Waals surface area contributed by atoms with Crippen molar-refractivity contribution in [2.45, 2.75) is 47.1 Å². The molecular weight excluding hydrogens is 204 g/mol. The summed E-state index contributed by atoms with van der Waals surface area (Å²) in [5.74, 6) is 1.06. The summed E-state index contributed by atoms with van der Waals surface area (Å²) in [5, 5.41) is 0. The van der Waals surface area contributed by atoms with Crippen LogP contribution in [-0.4, -0.2) is 25.9 Å². The van der Waals surface area contributed by atoms with Crippen LogP contribution in [0.2, 0.25) is 0 Å². The van der Waals surface area contributed by atoms with E-state index in [1.54, 1.807) is 0 Å². The van der Waals surface area contributed by atoms with Crippen LogP contribution in [0.1, 0.15) is 41.0 Å². The molecule has 0 rings (SSSR count).